The van der Waals surface area contributed by atoms with Gasteiger partial charge in [-0.3, -0.25) is 9.89 Å². The molecule has 0 bridgehead atoms. The van der Waals surface area contributed by atoms with E-state index in [-0.39, 0.29) is 18.0 Å². The number of hydrogen-bond acceptors (Lipinski definition) is 7. The van der Waals surface area contributed by atoms with E-state index in [0.29, 0.717) is 24.2 Å². The second kappa shape index (κ2) is 7.77. The zero-order valence-corrected chi connectivity index (χ0v) is 18.1. The summed E-state index contributed by atoms with van der Waals surface area (Å²) in [4.78, 5) is 22.1. The summed E-state index contributed by atoms with van der Waals surface area (Å²) in [7, 11) is 0. The van der Waals surface area contributed by atoms with Crippen molar-refractivity contribution in [1.29, 1.82) is 0 Å². The molecule has 3 fully saturated rings. The molecule has 0 spiro atoms. The number of anilines is 3. The van der Waals surface area contributed by atoms with Crippen molar-refractivity contribution in [3.63, 3.8) is 0 Å². The number of carbonyl (C=O) groups is 1. The molecule has 3 aromatic rings. The number of aromatic nitrogens is 5. The number of nitrogens with zero attached hydrogens (tertiary/aromatic N) is 6. The summed E-state index contributed by atoms with van der Waals surface area (Å²) in [6.45, 7) is 2.18. The number of nitrogens with one attached hydrogen (secondary N) is 2. The van der Waals surface area contributed by atoms with Crippen LogP contribution in [0.3, 0.4) is 0 Å². The minimum Gasteiger partial charge on any atom is -0.339 e. The van der Waals surface area contributed by atoms with Crippen LogP contribution in [0.4, 0.5) is 17.6 Å². The Morgan fingerprint density at radius 1 is 1.19 bits per heavy atom. The highest BCUT2D eigenvalue weighted by molar-refractivity contribution is 5.86. The lowest BCUT2D eigenvalue weighted by molar-refractivity contribution is -0.133. The Hall–Kier alpha value is -3.14. The maximum Gasteiger partial charge on any atom is 0.246 e. The van der Waals surface area contributed by atoms with Gasteiger partial charge in [-0.2, -0.15) is 10.1 Å². The van der Waals surface area contributed by atoms with Crippen molar-refractivity contribution >= 4 is 29.0 Å². The van der Waals surface area contributed by atoms with E-state index in [1.54, 1.807) is 0 Å². The third-order valence-electron chi connectivity index (χ3n) is 6.81. The lowest BCUT2D eigenvalue weighted by atomic mass is 10.0. The molecule has 10 nitrogen and oxygen atoms in total. The number of likely N-dealkylation sites (tertiary alicyclic amines) is 1. The summed E-state index contributed by atoms with van der Waals surface area (Å²) in [5.74, 6) is 2.74. The monoisotopic (exact) mass is 435 g/mol. The standard InChI is InChI=1S/C22H29N9O/c23-15-4-1-9-29(13-15)21(32)18-6-2-10-30(18)22-25-20(17-5-3-11-31(17)28-22)24-19-12-16(26-27-19)14-7-8-14/h3,5,11-12,14-15,18H,1-2,4,6-10,13,23H2,(H2,24,25,26,27,28)/t15-,18?/m1/s1. The van der Waals surface area contributed by atoms with Crippen molar-refractivity contribution in [1.82, 2.24) is 29.7 Å². The Bertz CT molecular complexity index is 1130. The second-order valence-corrected chi connectivity index (χ2v) is 9.24. The number of H-pyrrole nitrogens is 1. The van der Waals surface area contributed by atoms with Crippen LogP contribution in [-0.2, 0) is 4.79 Å². The van der Waals surface area contributed by atoms with Gasteiger partial charge in [0.1, 0.15) is 11.6 Å². The van der Waals surface area contributed by atoms with Crippen LogP contribution in [0, 0.1) is 0 Å². The molecule has 10 heteroatoms. The molecule has 168 valence electrons. The molecule has 2 saturated heterocycles. The fourth-order valence-electron chi connectivity index (χ4n) is 4.95. The Balaban J connectivity index is 1.29. The summed E-state index contributed by atoms with van der Waals surface area (Å²) in [6, 6.07) is 5.80. The Labute approximate surface area is 186 Å². The number of piperidine rings is 1. The van der Waals surface area contributed by atoms with Crippen LogP contribution in [-0.4, -0.2) is 67.3 Å². The summed E-state index contributed by atoms with van der Waals surface area (Å²) in [5, 5.41) is 15.6. The summed E-state index contributed by atoms with van der Waals surface area (Å²) < 4.78 is 1.82. The van der Waals surface area contributed by atoms with Gasteiger partial charge in [0.05, 0.1) is 0 Å². The van der Waals surface area contributed by atoms with Gasteiger partial charge in [-0.15, -0.1) is 5.10 Å². The molecule has 0 radical (unpaired) electrons. The molecule has 2 atom stereocenters. The number of carbonyl (C=O) groups excluding carboxylic acids is 1. The van der Waals surface area contributed by atoms with Gasteiger partial charge in [0, 0.05) is 49.6 Å². The molecule has 3 aliphatic rings. The van der Waals surface area contributed by atoms with Crippen LogP contribution < -0.4 is 16.0 Å². The first-order chi connectivity index (χ1) is 15.7. The molecule has 0 aromatic carbocycles. The molecule has 6 rings (SSSR count). The predicted octanol–water partition coefficient (Wildman–Crippen LogP) is 1.99. The number of amides is 1. The van der Waals surface area contributed by atoms with Crippen LogP contribution >= 0.6 is 0 Å². The Kier molecular flexibility index (Phi) is 4.74. The largest absolute Gasteiger partial charge is 0.339 e. The summed E-state index contributed by atoms with van der Waals surface area (Å²) >= 11 is 0. The molecular weight excluding hydrogens is 406 g/mol. The van der Waals surface area contributed by atoms with Crippen LogP contribution in [0.25, 0.3) is 5.52 Å². The molecule has 3 aromatic heterocycles. The minimum atomic E-state index is -0.243. The average Bonchev–Trinajstić information content (AvgIpc) is 3.19. The zero-order chi connectivity index (χ0) is 21.7. The zero-order valence-electron chi connectivity index (χ0n) is 18.1. The van der Waals surface area contributed by atoms with Gasteiger partial charge in [-0.25, -0.2) is 4.52 Å². The quantitative estimate of drug-likeness (QED) is 0.560. The summed E-state index contributed by atoms with van der Waals surface area (Å²) in [6.07, 6.45) is 8.04. The molecule has 2 aliphatic heterocycles. The number of aromatic amines is 1. The van der Waals surface area contributed by atoms with E-state index in [0.717, 1.165) is 55.8 Å². The molecule has 4 N–H and O–H groups in total. The molecule has 1 amide bonds. The highest BCUT2D eigenvalue weighted by Crippen LogP contribution is 2.39. The highest BCUT2D eigenvalue weighted by atomic mass is 16.2. The topological polar surface area (TPSA) is 120 Å². The lowest BCUT2D eigenvalue weighted by Crippen LogP contribution is -2.52. The van der Waals surface area contributed by atoms with Gasteiger partial charge in [-0.1, -0.05) is 0 Å². The predicted molar refractivity (Wildman–Crippen MR) is 121 cm³/mol. The van der Waals surface area contributed by atoms with Crippen LogP contribution in [0.5, 0.6) is 0 Å². The first kappa shape index (κ1) is 19.5. The Morgan fingerprint density at radius 2 is 2.06 bits per heavy atom. The molecule has 32 heavy (non-hydrogen) atoms. The maximum absolute atomic E-state index is 13.3. The molecule has 1 aliphatic carbocycles. The van der Waals surface area contributed by atoms with E-state index >= 15 is 0 Å². The fraction of sp³-hybridized carbons (Fsp3) is 0.545. The van der Waals surface area contributed by atoms with Crippen molar-refractivity contribution in [2.75, 3.05) is 29.9 Å². The van der Waals surface area contributed by atoms with Crippen molar-refractivity contribution in [3.05, 3.63) is 30.1 Å². The van der Waals surface area contributed by atoms with E-state index in [1.165, 1.54) is 12.8 Å². The van der Waals surface area contributed by atoms with Crippen molar-refractivity contribution in [2.24, 2.45) is 5.73 Å². The van der Waals surface area contributed by atoms with E-state index in [1.807, 2.05) is 32.6 Å². The van der Waals surface area contributed by atoms with E-state index in [2.05, 4.69) is 21.6 Å². The third kappa shape index (κ3) is 3.58. The van der Waals surface area contributed by atoms with Gasteiger partial charge in [0.15, 0.2) is 11.6 Å². The summed E-state index contributed by atoms with van der Waals surface area (Å²) in [5.41, 5.74) is 8.16. The molecular formula is C22H29N9O. The second-order valence-electron chi connectivity index (χ2n) is 9.24. The number of nitrogens with two attached hydrogens (primary N) is 1. The van der Waals surface area contributed by atoms with Crippen molar-refractivity contribution < 1.29 is 4.79 Å². The van der Waals surface area contributed by atoms with Crippen LogP contribution in [0.2, 0.25) is 0 Å². The van der Waals surface area contributed by atoms with E-state index in [4.69, 9.17) is 15.8 Å². The first-order valence-corrected chi connectivity index (χ1v) is 11.6. The third-order valence-corrected chi connectivity index (χ3v) is 6.81. The van der Waals surface area contributed by atoms with Gasteiger partial charge in [-0.05, 0) is 50.7 Å². The molecule has 1 unspecified atom stereocenters. The van der Waals surface area contributed by atoms with E-state index < -0.39 is 0 Å². The van der Waals surface area contributed by atoms with Gasteiger partial charge in [0.2, 0.25) is 11.9 Å². The molecule has 1 saturated carbocycles. The van der Waals surface area contributed by atoms with Crippen molar-refractivity contribution in [3.8, 4) is 0 Å². The number of fused-ring (bicyclic) bond motifs is 1. The van der Waals surface area contributed by atoms with Crippen LogP contribution in [0.1, 0.15) is 50.1 Å². The van der Waals surface area contributed by atoms with Gasteiger partial charge >= 0.3 is 0 Å². The first-order valence-electron chi connectivity index (χ1n) is 11.6. The maximum atomic E-state index is 13.3. The van der Waals surface area contributed by atoms with Gasteiger partial charge in [0.25, 0.3) is 0 Å². The number of rotatable bonds is 5. The SMILES string of the molecule is N[C@@H]1CCCN(C(=O)C2CCCN2c2nc(Nc3cc(C4CC4)[nH]n3)c3cccn3n2)C1. The van der Waals surface area contributed by atoms with Crippen LogP contribution in [0.15, 0.2) is 24.4 Å². The normalized spacial score (nSPS) is 23.8. The van der Waals surface area contributed by atoms with Gasteiger partial charge < -0.3 is 20.9 Å². The molecule has 5 heterocycles. The fourth-order valence-corrected chi connectivity index (χ4v) is 4.95. The van der Waals surface area contributed by atoms with E-state index in [9.17, 15) is 4.79 Å². The minimum absolute atomic E-state index is 0.0696. The van der Waals surface area contributed by atoms with Crippen molar-refractivity contribution in [2.45, 2.75) is 56.5 Å². The smallest absolute Gasteiger partial charge is 0.246 e. The highest BCUT2D eigenvalue weighted by Gasteiger charge is 2.37. The average molecular weight is 436 g/mol. The Morgan fingerprint density at radius 3 is 2.91 bits per heavy atom. The number of hydrogen-bond donors (Lipinski definition) is 3. The lowest BCUT2D eigenvalue weighted by Gasteiger charge is -2.35.